The van der Waals surface area contributed by atoms with Crippen LogP contribution in [0.3, 0.4) is 0 Å². The van der Waals surface area contributed by atoms with Crippen LogP contribution in [0.4, 0.5) is 4.79 Å². The average Bonchev–Trinajstić information content (AvgIpc) is 2.09. The molecule has 0 aromatic rings. The summed E-state index contributed by atoms with van der Waals surface area (Å²) in [5, 5.41) is 2.69. The van der Waals surface area contributed by atoms with E-state index >= 15 is 0 Å². The number of ether oxygens (including phenoxy) is 2. The van der Waals surface area contributed by atoms with E-state index in [0.717, 1.165) is 12.8 Å². The highest BCUT2D eigenvalue weighted by atomic mass is 16.6. The zero-order chi connectivity index (χ0) is 11.9. The Bertz CT molecular complexity index is 187. The standard InChI is InChI=1S/C11H23NO3/c1-6-7-9(14-5)8-12-10(13)15-11(2,3)4/h9H,6-8H2,1-5H3,(H,12,13). The van der Waals surface area contributed by atoms with Crippen LogP contribution in [0.2, 0.25) is 0 Å². The van der Waals surface area contributed by atoms with Crippen molar-refractivity contribution in [1.29, 1.82) is 0 Å². The molecule has 15 heavy (non-hydrogen) atoms. The van der Waals surface area contributed by atoms with E-state index in [-0.39, 0.29) is 12.2 Å². The molecule has 1 N–H and O–H groups in total. The Hall–Kier alpha value is -0.770. The molecular weight excluding hydrogens is 194 g/mol. The van der Waals surface area contributed by atoms with Gasteiger partial charge in [-0.1, -0.05) is 13.3 Å². The van der Waals surface area contributed by atoms with Crippen molar-refractivity contribution in [1.82, 2.24) is 5.32 Å². The molecule has 4 nitrogen and oxygen atoms in total. The van der Waals surface area contributed by atoms with Crippen molar-refractivity contribution in [3.05, 3.63) is 0 Å². The molecular formula is C11H23NO3. The van der Waals surface area contributed by atoms with Gasteiger partial charge in [-0.2, -0.15) is 0 Å². The van der Waals surface area contributed by atoms with Gasteiger partial charge in [0, 0.05) is 13.7 Å². The van der Waals surface area contributed by atoms with Crippen LogP contribution in [0.1, 0.15) is 40.5 Å². The molecule has 0 aliphatic carbocycles. The number of carbonyl (C=O) groups excluding carboxylic acids is 1. The van der Waals surface area contributed by atoms with Crippen molar-refractivity contribution < 1.29 is 14.3 Å². The van der Waals surface area contributed by atoms with E-state index in [2.05, 4.69) is 12.2 Å². The summed E-state index contributed by atoms with van der Waals surface area (Å²) in [6, 6.07) is 0. The number of methoxy groups -OCH3 is 1. The molecule has 90 valence electrons. The summed E-state index contributed by atoms with van der Waals surface area (Å²) in [5.74, 6) is 0. The second kappa shape index (κ2) is 6.67. The fraction of sp³-hybridized carbons (Fsp3) is 0.909. The summed E-state index contributed by atoms with van der Waals surface area (Å²) in [4.78, 5) is 11.3. The Kier molecular flexibility index (Phi) is 6.32. The Balaban J connectivity index is 3.78. The molecule has 0 rings (SSSR count). The monoisotopic (exact) mass is 217 g/mol. The van der Waals surface area contributed by atoms with Crippen molar-refractivity contribution in [3.63, 3.8) is 0 Å². The second-order valence-electron chi connectivity index (χ2n) is 4.53. The van der Waals surface area contributed by atoms with E-state index in [9.17, 15) is 4.79 Å². The predicted molar refractivity (Wildman–Crippen MR) is 59.9 cm³/mol. The van der Waals surface area contributed by atoms with Gasteiger partial charge in [0.15, 0.2) is 0 Å². The van der Waals surface area contributed by atoms with Crippen LogP contribution in [0.25, 0.3) is 0 Å². The maximum atomic E-state index is 11.3. The Morgan fingerprint density at radius 1 is 1.40 bits per heavy atom. The van der Waals surface area contributed by atoms with E-state index in [1.807, 2.05) is 20.8 Å². The van der Waals surface area contributed by atoms with Crippen LogP contribution in [0.5, 0.6) is 0 Å². The van der Waals surface area contributed by atoms with Gasteiger partial charge >= 0.3 is 6.09 Å². The van der Waals surface area contributed by atoms with Gasteiger partial charge in [-0.15, -0.1) is 0 Å². The van der Waals surface area contributed by atoms with Gasteiger partial charge in [-0.25, -0.2) is 4.79 Å². The van der Waals surface area contributed by atoms with Gasteiger partial charge < -0.3 is 14.8 Å². The van der Waals surface area contributed by atoms with Gasteiger partial charge in [0.1, 0.15) is 5.60 Å². The topological polar surface area (TPSA) is 47.6 Å². The lowest BCUT2D eigenvalue weighted by Gasteiger charge is -2.21. The molecule has 0 heterocycles. The maximum absolute atomic E-state index is 11.3. The van der Waals surface area contributed by atoms with E-state index in [4.69, 9.17) is 9.47 Å². The lowest BCUT2D eigenvalue weighted by molar-refractivity contribution is 0.0447. The fourth-order valence-corrected chi connectivity index (χ4v) is 1.14. The number of hydrogen-bond acceptors (Lipinski definition) is 3. The smallest absolute Gasteiger partial charge is 0.407 e. The molecule has 0 aliphatic heterocycles. The minimum atomic E-state index is -0.447. The first-order valence-electron chi connectivity index (χ1n) is 5.38. The number of alkyl carbamates (subject to hydrolysis) is 1. The Morgan fingerprint density at radius 3 is 2.40 bits per heavy atom. The van der Waals surface area contributed by atoms with Gasteiger partial charge in [0.25, 0.3) is 0 Å². The van der Waals surface area contributed by atoms with Crippen LogP contribution in [0.15, 0.2) is 0 Å². The van der Waals surface area contributed by atoms with Gasteiger partial charge in [0.05, 0.1) is 6.10 Å². The van der Waals surface area contributed by atoms with E-state index in [1.165, 1.54) is 0 Å². The Labute approximate surface area is 92.3 Å². The number of carbonyl (C=O) groups is 1. The van der Waals surface area contributed by atoms with Crippen LogP contribution in [-0.4, -0.2) is 31.5 Å². The molecule has 0 bridgehead atoms. The number of nitrogens with one attached hydrogen (secondary N) is 1. The van der Waals surface area contributed by atoms with Crippen molar-refractivity contribution in [3.8, 4) is 0 Å². The largest absolute Gasteiger partial charge is 0.444 e. The minimum absolute atomic E-state index is 0.0718. The SMILES string of the molecule is CCCC(CNC(=O)OC(C)(C)C)OC. The predicted octanol–water partition coefficient (Wildman–Crippen LogP) is 2.33. The second-order valence-corrected chi connectivity index (χ2v) is 4.53. The summed E-state index contributed by atoms with van der Waals surface area (Å²) < 4.78 is 10.3. The van der Waals surface area contributed by atoms with Crippen molar-refractivity contribution in [2.24, 2.45) is 0 Å². The molecule has 4 heteroatoms. The third kappa shape index (κ3) is 8.24. The normalized spacial score (nSPS) is 13.4. The molecule has 0 saturated carbocycles. The van der Waals surface area contributed by atoms with Crippen LogP contribution >= 0.6 is 0 Å². The maximum Gasteiger partial charge on any atom is 0.407 e. The first-order chi connectivity index (χ1) is 6.89. The molecule has 1 amide bonds. The molecule has 0 aromatic carbocycles. The van der Waals surface area contributed by atoms with Crippen molar-refractivity contribution in [2.75, 3.05) is 13.7 Å². The fourth-order valence-electron chi connectivity index (χ4n) is 1.14. The molecule has 1 atom stereocenters. The van der Waals surface area contributed by atoms with Gasteiger partial charge in [-0.3, -0.25) is 0 Å². The molecule has 0 aromatic heterocycles. The van der Waals surface area contributed by atoms with Crippen molar-refractivity contribution in [2.45, 2.75) is 52.2 Å². The zero-order valence-electron chi connectivity index (χ0n) is 10.4. The highest BCUT2D eigenvalue weighted by Gasteiger charge is 2.16. The third-order valence-electron chi connectivity index (χ3n) is 1.82. The summed E-state index contributed by atoms with van der Waals surface area (Å²) in [5.41, 5.74) is -0.447. The molecule has 1 unspecified atom stereocenters. The molecule has 0 aliphatic rings. The first kappa shape index (κ1) is 14.2. The lowest BCUT2D eigenvalue weighted by atomic mass is 10.2. The van der Waals surface area contributed by atoms with Crippen LogP contribution < -0.4 is 5.32 Å². The Morgan fingerprint density at radius 2 is 2.00 bits per heavy atom. The lowest BCUT2D eigenvalue weighted by Crippen LogP contribution is -2.37. The number of amides is 1. The van der Waals surface area contributed by atoms with E-state index in [1.54, 1.807) is 7.11 Å². The summed E-state index contributed by atoms with van der Waals surface area (Å²) in [6.45, 7) is 8.10. The quantitative estimate of drug-likeness (QED) is 0.768. The molecule has 0 radical (unpaired) electrons. The van der Waals surface area contributed by atoms with E-state index in [0.29, 0.717) is 6.54 Å². The first-order valence-corrected chi connectivity index (χ1v) is 5.38. The summed E-state index contributed by atoms with van der Waals surface area (Å²) in [6.07, 6.45) is 1.66. The molecule has 0 fully saturated rings. The zero-order valence-corrected chi connectivity index (χ0v) is 10.4. The highest BCUT2D eigenvalue weighted by molar-refractivity contribution is 5.67. The number of rotatable bonds is 5. The van der Waals surface area contributed by atoms with Gasteiger partial charge in [-0.05, 0) is 27.2 Å². The summed E-state index contributed by atoms with van der Waals surface area (Å²) in [7, 11) is 1.65. The van der Waals surface area contributed by atoms with E-state index < -0.39 is 5.60 Å². The van der Waals surface area contributed by atoms with Gasteiger partial charge in [0.2, 0.25) is 0 Å². The highest BCUT2D eigenvalue weighted by Crippen LogP contribution is 2.06. The average molecular weight is 217 g/mol. The third-order valence-corrected chi connectivity index (χ3v) is 1.82. The minimum Gasteiger partial charge on any atom is -0.444 e. The van der Waals surface area contributed by atoms with Crippen LogP contribution in [0, 0.1) is 0 Å². The number of hydrogen-bond donors (Lipinski definition) is 1. The molecule has 0 saturated heterocycles. The van der Waals surface area contributed by atoms with Crippen molar-refractivity contribution >= 4 is 6.09 Å². The summed E-state index contributed by atoms with van der Waals surface area (Å²) >= 11 is 0. The molecule has 0 spiro atoms. The van der Waals surface area contributed by atoms with Crippen LogP contribution in [-0.2, 0) is 9.47 Å².